The number of carbonyl (C=O) groups excluding carboxylic acids is 3. The van der Waals surface area contributed by atoms with Crippen LogP contribution in [0.2, 0.25) is 5.02 Å². The normalized spacial score (nSPS) is 17.6. The average molecular weight is 609 g/mol. The van der Waals surface area contributed by atoms with Gasteiger partial charge in [0.05, 0.1) is 10.6 Å². The fourth-order valence-corrected chi connectivity index (χ4v) is 6.07. The summed E-state index contributed by atoms with van der Waals surface area (Å²) in [5, 5.41) is 11.0. The molecule has 2 aromatic carbocycles. The van der Waals surface area contributed by atoms with Crippen LogP contribution in [-0.2, 0) is 24.3 Å². The van der Waals surface area contributed by atoms with Gasteiger partial charge in [-0.25, -0.2) is 9.18 Å². The standard InChI is InChI=1S/C31H30ClFN4O6/c1-34(31(42)43-17-18-5-3-2-4-6-18)13-14-36-27(20-8-9-20)37-25(29(36)40)21-11-12-35(28(39)24(21)26(38)30(37)41)16-19-7-10-23(33)22(32)15-19/h2-7,10,15,20,27,38H,8-9,11-14,16-17H2,1H3/t27-/m0/s1. The lowest BCUT2D eigenvalue weighted by Gasteiger charge is -2.30. The van der Waals surface area contributed by atoms with Gasteiger partial charge < -0.3 is 24.5 Å². The first kappa shape index (κ1) is 28.7. The van der Waals surface area contributed by atoms with Crippen molar-refractivity contribution in [3.8, 4) is 5.75 Å². The van der Waals surface area contributed by atoms with Crippen LogP contribution in [-0.4, -0.2) is 69.0 Å². The van der Waals surface area contributed by atoms with Crippen LogP contribution >= 0.6 is 11.6 Å². The second-order valence-electron chi connectivity index (χ2n) is 11.2. The van der Waals surface area contributed by atoms with Crippen molar-refractivity contribution in [2.75, 3.05) is 26.7 Å². The highest BCUT2D eigenvalue weighted by Crippen LogP contribution is 2.46. The quantitative estimate of drug-likeness (QED) is 0.411. The fourth-order valence-electron chi connectivity index (χ4n) is 5.87. The molecule has 2 aliphatic heterocycles. The average Bonchev–Trinajstić information content (AvgIpc) is 3.80. The molecular weight excluding hydrogens is 579 g/mol. The maximum atomic E-state index is 13.9. The second kappa shape index (κ2) is 11.4. The third-order valence-electron chi connectivity index (χ3n) is 8.26. The Morgan fingerprint density at radius 3 is 2.53 bits per heavy atom. The van der Waals surface area contributed by atoms with Crippen LogP contribution in [0.5, 0.6) is 5.75 Å². The van der Waals surface area contributed by atoms with Crippen LogP contribution in [0.25, 0.3) is 0 Å². The largest absolute Gasteiger partial charge is 0.502 e. The molecule has 1 aliphatic carbocycles. The summed E-state index contributed by atoms with van der Waals surface area (Å²) >= 11 is 5.90. The summed E-state index contributed by atoms with van der Waals surface area (Å²) in [4.78, 5) is 58.0. The number of amides is 3. The number of fused-ring (bicyclic) bond motifs is 3. The van der Waals surface area contributed by atoms with Gasteiger partial charge in [-0.2, -0.15) is 0 Å². The third-order valence-corrected chi connectivity index (χ3v) is 8.55. The van der Waals surface area contributed by atoms with Crippen molar-refractivity contribution in [3.63, 3.8) is 0 Å². The van der Waals surface area contributed by atoms with Gasteiger partial charge in [0, 0.05) is 38.8 Å². The molecule has 6 rings (SSSR count). The highest BCUT2D eigenvalue weighted by atomic mass is 35.5. The van der Waals surface area contributed by atoms with Gasteiger partial charge in [-0.1, -0.05) is 48.0 Å². The molecule has 0 spiro atoms. The summed E-state index contributed by atoms with van der Waals surface area (Å²) in [5.74, 6) is -2.25. The van der Waals surface area contributed by atoms with E-state index in [9.17, 15) is 28.7 Å². The van der Waals surface area contributed by atoms with Crippen LogP contribution in [0.3, 0.4) is 0 Å². The van der Waals surface area contributed by atoms with Crippen LogP contribution in [0, 0.1) is 11.7 Å². The molecule has 1 fully saturated rings. The Hall–Kier alpha value is -4.38. The second-order valence-corrected chi connectivity index (χ2v) is 11.6. The fraction of sp³-hybridized carbons (Fsp3) is 0.355. The molecule has 1 atom stereocenters. The number of hydrogen-bond donors (Lipinski definition) is 1. The minimum Gasteiger partial charge on any atom is -0.502 e. The third kappa shape index (κ3) is 5.33. The van der Waals surface area contributed by atoms with Gasteiger partial charge in [0.1, 0.15) is 24.3 Å². The van der Waals surface area contributed by atoms with E-state index < -0.39 is 41.2 Å². The molecule has 224 valence electrons. The van der Waals surface area contributed by atoms with Crippen molar-refractivity contribution < 1.29 is 28.6 Å². The number of hydrogen-bond acceptors (Lipinski definition) is 6. The van der Waals surface area contributed by atoms with Gasteiger partial charge >= 0.3 is 6.09 Å². The molecule has 1 saturated carbocycles. The number of aromatic nitrogens is 1. The van der Waals surface area contributed by atoms with Crippen molar-refractivity contribution in [2.45, 2.75) is 38.6 Å². The monoisotopic (exact) mass is 608 g/mol. The lowest BCUT2D eigenvalue weighted by Crippen LogP contribution is -2.40. The number of rotatable bonds is 8. The minimum absolute atomic E-state index is 0.0229. The first-order valence-corrected chi connectivity index (χ1v) is 14.5. The SMILES string of the molecule is CN(CCN1C(=O)c2c3c(c(O)c(=O)n2[C@H]1C1CC1)C(=O)N(Cc1ccc(F)c(Cl)c1)CC3)C(=O)OCc1ccccc1. The van der Waals surface area contributed by atoms with Crippen LogP contribution in [0.4, 0.5) is 9.18 Å². The molecule has 3 heterocycles. The molecule has 0 radical (unpaired) electrons. The Kier molecular flexibility index (Phi) is 7.59. The molecule has 0 saturated heterocycles. The number of pyridine rings is 1. The molecule has 1 N–H and O–H groups in total. The Bertz CT molecular complexity index is 1670. The summed E-state index contributed by atoms with van der Waals surface area (Å²) in [6, 6.07) is 13.4. The first-order chi connectivity index (χ1) is 20.7. The molecule has 0 bridgehead atoms. The van der Waals surface area contributed by atoms with E-state index in [2.05, 4.69) is 0 Å². The number of nitrogens with zero attached hydrogens (tertiary/aromatic N) is 4. The molecule has 3 aliphatic rings. The van der Waals surface area contributed by atoms with E-state index in [0.717, 1.165) is 18.4 Å². The van der Waals surface area contributed by atoms with Crippen molar-refractivity contribution in [1.29, 1.82) is 0 Å². The maximum Gasteiger partial charge on any atom is 0.409 e. The van der Waals surface area contributed by atoms with E-state index in [4.69, 9.17) is 16.3 Å². The molecular formula is C31H30ClFN4O6. The van der Waals surface area contributed by atoms with Crippen molar-refractivity contribution in [1.82, 2.24) is 19.3 Å². The Labute approximate surface area is 251 Å². The predicted molar refractivity (Wildman–Crippen MR) is 154 cm³/mol. The number of benzene rings is 2. The number of halogens is 2. The summed E-state index contributed by atoms with van der Waals surface area (Å²) in [7, 11) is 1.58. The van der Waals surface area contributed by atoms with E-state index in [0.29, 0.717) is 11.1 Å². The molecule has 1 aromatic heterocycles. The van der Waals surface area contributed by atoms with Gasteiger partial charge in [-0.3, -0.25) is 19.0 Å². The highest BCUT2D eigenvalue weighted by molar-refractivity contribution is 6.30. The molecule has 3 aromatic rings. The zero-order valence-corrected chi connectivity index (χ0v) is 24.2. The van der Waals surface area contributed by atoms with E-state index in [1.807, 2.05) is 30.3 Å². The zero-order chi connectivity index (χ0) is 30.4. The molecule has 43 heavy (non-hydrogen) atoms. The Morgan fingerprint density at radius 1 is 1.09 bits per heavy atom. The Balaban J connectivity index is 1.23. The molecule has 12 heteroatoms. The molecule has 0 unspecified atom stereocenters. The minimum atomic E-state index is -0.794. The van der Waals surface area contributed by atoms with Gasteiger partial charge in [-0.15, -0.1) is 0 Å². The van der Waals surface area contributed by atoms with E-state index in [-0.39, 0.29) is 61.4 Å². The van der Waals surface area contributed by atoms with Crippen LogP contribution in [0.15, 0.2) is 53.3 Å². The summed E-state index contributed by atoms with van der Waals surface area (Å²) in [6.45, 7) is 0.727. The highest BCUT2D eigenvalue weighted by Gasteiger charge is 2.49. The lowest BCUT2D eigenvalue weighted by molar-refractivity contribution is 0.0614. The number of likely N-dealkylation sites (N-methyl/N-ethyl adjacent to an activating group) is 1. The summed E-state index contributed by atoms with van der Waals surface area (Å²) in [5.41, 5.74) is 0.912. The van der Waals surface area contributed by atoms with E-state index >= 15 is 0 Å². The van der Waals surface area contributed by atoms with Gasteiger partial charge in [0.25, 0.3) is 17.4 Å². The lowest BCUT2D eigenvalue weighted by atomic mass is 9.95. The topological polar surface area (TPSA) is 112 Å². The van der Waals surface area contributed by atoms with Gasteiger partial charge in [-0.05, 0) is 48.4 Å². The maximum absolute atomic E-state index is 13.9. The summed E-state index contributed by atoms with van der Waals surface area (Å²) < 4.78 is 20.4. The van der Waals surface area contributed by atoms with Crippen molar-refractivity contribution in [2.24, 2.45) is 5.92 Å². The zero-order valence-electron chi connectivity index (χ0n) is 23.5. The van der Waals surface area contributed by atoms with Gasteiger partial charge in [0.2, 0.25) is 0 Å². The smallest absolute Gasteiger partial charge is 0.409 e. The predicted octanol–water partition coefficient (Wildman–Crippen LogP) is 4.18. The van der Waals surface area contributed by atoms with Crippen molar-refractivity contribution in [3.05, 3.63) is 97.7 Å². The molecule has 10 nitrogen and oxygen atoms in total. The van der Waals surface area contributed by atoms with E-state index in [1.165, 1.54) is 32.6 Å². The Morgan fingerprint density at radius 2 is 1.84 bits per heavy atom. The first-order valence-electron chi connectivity index (χ1n) is 14.1. The number of carbonyl (C=O) groups is 3. The van der Waals surface area contributed by atoms with Crippen molar-refractivity contribution >= 4 is 29.5 Å². The van der Waals surface area contributed by atoms with Crippen LogP contribution < -0.4 is 5.56 Å². The van der Waals surface area contributed by atoms with Crippen LogP contribution in [0.1, 0.15) is 56.5 Å². The number of ether oxygens (including phenoxy) is 1. The molecule has 3 amide bonds. The number of aromatic hydroxyl groups is 1. The van der Waals surface area contributed by atoms with Gasteiger partial charge in [0.15, 0.2) is 5.75 Å². The summed E-state index contributed by atoms with van der Waals surface area (Å²) in [6.07, 6.45) is 0.688. The van der Waals surface area contributed by atoms with E-state index in [1.54, 1.807) is 11.9 Å².